The van der Waals surface area contributed by atoms with E-state index >= 15 is 0 Å². The fourth-order valence-electron chi connectivity index (χ4n) is 2.84. The summed E-state index contributed by atoms with van der Waals surface area (Å²) in [6.45, 7) is 2.97. The van der Waals surface area contributed by atoms with Crippen molar-refractivity contribution in [2.24, 2.45) is 11.5 Å². The zero-order valence-electron chi connectivity index (χ0n) is 44.5. The van der Waals surface area contributed by atoms with Crippen molar-refractivity contribution >= 4 is 237 Å². The van der Waals surface area contributed by atoms with E-state index in [1.807, 2.05) is 55.0 Å². The number of sulfone groups is 2. The molecule has 0 heterocycles. The molecular weight excluding hydrogens is 1990 g/mol. The summed E-state index contributed by atoms with van der Waals surface area (Å²) in [6.07, 6.45) is -7.59. The van der Waals surface area contributed by atoms with Crippen LogP contribution in [0.3, 0.4) is 0 Å². The Morgan fingerprint density at radius 2 is 0.988 bits per heavy atom. The minimum absolute atomic E-state index is 0. The molecule has 0 unspecified atom stereocenters. The maximum Gasteiger partial charge on any atom is 0.471 e. The first-order valence-corrected chi connectivity index (χ1v) is 36.8. The van der Waals surface area contributed by atoms with Crippen LogP contribution in [0.15, 0.2) is 0 Å². The second-order valence-corrected chi connectivity index (χ2v) is 35.1. The largest absolute Gasteiger partial charge is 0.471 e. The molecule has 0 fully saturated rings. The quantitative estimate of drug-likeness (QED) is 0.0206. The van der Waals surface area contributed by atoms with Gasteiger partial charge in [0.1, 0.15) is 38.6 Å². The molecule has 0 aliphatic rings. The fourth-order valence-corrected chi connectivity index (χ4v) is 5.09. The summed E-state index contributed by atoms with van der Waals surface area (Å²) < 4.78 is 166. The molecule has 0 saturated carbocycles. The van der Waals surface area contributed by atoms with Gasteiger partial charge in [0.2, 0.25) is 0 Å². The molecule has 0 spiro atoms. The average Bonchev–Trinajstić information content (AvgIpc) is 3.33. The Morgan fingerprint density at radius 1 is 0.713 bits per heavy atom. The molecule has 3 amide bonds. The summed E-state index contributed by atoms with van der Waals surface area (Å²) in [5.41, 5.74) is 10.2. The van der Waals surface area contributed by atoms with E-state index in [9.17, 15) is 70.7 Å². The monoisotopic (exact) mass is 2060 g/mol. The number of halogens is 17. The number of hydrogen-bond acceptors (Lipinski definition) is 17. The van der Waals surface area contributed by atoms with Crippen molar-refractivity contribution in [1.82, 2.24) is 20.0 Å². The number of rotatable bonds is 19. The predicted octanol–water partition coefficient (Wildman–Crippen LogP) is 10.3. The van der Waals surface area contributed by atoms with Gasteiger partial charge >= 0.3 is 36.3 Å². The first-order chi connectivity index (χ1) is 35.3. The first kappa shape index (κ1) is 117. The van der Waals surface area contributed by atoms with Gasteiger partial charge < -0.3 is 61.5 Å². The molecule has 42 heteroatoms. The van der Waals surface area contributed by atoms with Gasteiger partial charge in [-0.15, -0.1) is 11.6 Å². The second kappa shape index (κ2) is 81.3. The van der Waals surface area contributed by atoms with Crippen molar-refractivity contribution in [3.05, 3.63) is 12.4 Å². The first-order valence-electron chi connectivity index (χ1n) is 19.7. The van der Waals surface area contributed by atoms with Crippen LogP contribution in [0, 0.1) is 57.7 Å². The average molecular weight is 2060 g/mol. The second-order valence-electron chi connectivity index (χ2n) is 11.5. The predicted molar refractivity (Wildman–Crippen MR) is 359 cm³/mol. The number of carbonyl (C=O) groups is 3. The van der Waals surface area contributed by atoms with Gasteiger partial charge in [0.25, 0.3) is 1.45 Å². The van der Waals surface area contributed by atoms with E-state index in [2.05, 4.69) is 137 Å². The molecule has 0 rings (SSSR count). The third-order valence-corrected chi connectivity index (χ3v) is 9.50. The third kappa shape index (κ3) is 115. The maximum absolute atomic E-state index is 12.1. The van der Waals surface area contributed by atoms with Crippen molar-refractivity contribution in [2.45, 2.75) is 39.7 Å². The summed E-state index contributed by atoms with van der Waals surface area (Å²) in [4.78, 5) is 36.2. The van der Waals surface area contributed by atoms with Crippen LogP contribution in [-0.4, -0.2) is 201 Å². The molecule has 0 aliphatic carbocycles. The number of nitrogens with one attached hydrogen (secondary N) is 1. The normalized spacial score (nSPS) is 9.41. The van der Waals surface area contributed by atoms with Crippen LogP contribution < -0.4 is 16.8 Å². The fraction of sp³-hybridized carbons (Fsp3) is 0.737. The molecule has 0 aromatic carbocycles. The number of carbonyl (C=O) groups excluding carboxylic acids is 3. The summed E-state index contributed by atoms with van der Waals surface area (Å²) in [7, 11) is -6.97. The minimum Gasteiger partial charge on any atom is -0.392 e. The molecule has 0 atom stereocenters. The summed E-state index contributed by atoms with van der Waals surface area (Å²) >= 11 is 27.5. The smallest absolute Gasteiger partial charge is 0.392 e. The summed E-state index contributed by atoms with van der Waals surface area (Å²) in [5.74, 6) is -4.88. The van der Waals surface area contributed by atoms with Crippen LogP contribution in [0.4, 0.5) is 44.2 Å². The van der Waals surface area contributed by atoms with Gasteiger partial charge in [0.05, 0.1) is 56.3 Å². The van der Waals surface area contributed by atoms with Gasteiger partial charge in [0.15, 0.2) is 0 Å². The van der Waals surface area contributed by atoms with Crippen molar-refractivity contribution in [2.75, 3.05) is 127 Å². The van der Waals surface area contributed by atoms with E-state index in [-0.39, 0.29) is 79.2 Å². The standard InChI is InChI=1S/C7H11F3N2O3S2.C7H9F3N2O3S.C7H9F3N2OS.C5H10N2S.C3H9NS.C2H2ClN.C2H6.CHI3.CH2I2.CH2I.CH4.CH3.FH.2V/c1-17(14,15)3-2-12(4-5(11)16)6(13)7(8,9)10;1-16(14,15)5-4-12(3-2-11)6(13)7(8,9)10;1-14-5-4-12(3-2-11)6(13)7(8,9)10;1-8-5-4-7-3-2-6;1-5-3-2-4;3-1-2-4;1-2;2-1(3)4;2-1-3;1-2;;;;;/h2-4H2,1H3,(H2,11,16);3-5H2,1H3;3-5H2,1H3;7H,3-5H2,1H3;2-4H2,1H3;1H2;1-2H3;1H;1H2;1H2;1H4;1H3;1H;;/q;;;;;;;;;-1;;-1;;;/i/hT. The molecule has 0 aromatic rings. The Bertz CT molecular complexity index is 1850. The van der Waals surface area contributed by atoms with Crippen molar-refractivity contribution < 1.29 is 113 Å². The van der Waals surface area contributed by atoms with Crippen LogP contribution >= 0.6 is 195 Å². The third-order valence-electron chi connectivity index (χ3n) is 5.56. The summed E-state index contributed by atoms with van der Waals surface area (Å²) in [5, 5.41) is 34.9. The number of nitriles is 4. The number of nitrogens with two attached hydrogens (primary N) is 2. The van der Waals surface area contributed by atoms with Crippen molar-refractivity contribution in [1.29, 1.82) is 22.5 Å². The number of thiocarbonyl (C=S) groups is 1. The molecule has 5 N–H and O–H groups in total. The molecule has 2 radical (unpaired) electrons. The Morgan fingerprint density at radius 3 is 1.19 bits per heavy atom. The molecule has 0 bridgehead atoms. The van der Waals surface area contributed by atoms with Gasteiger partial charge in [0, 0.05) is 99.6 Å². The van der Waals surface area contributed by atoms with Gasteiger partial charge in [-0.1, -0.05) is 146 Å². The Balaban J connectivity index is -0.0000000490. The molecule has 0 aliphatic heterocycles. The van der Waals surface area contributed by atoms with Crippen molar-refractivity contribution in [3.8, 4) is 24.3 Å². The minimum atomic E-state index is -5.10. The Hall–Kier alpha value is 2.27. The van der Waals surface area contributed by atoms with E-state index in [1.54, 1.807) is 35.8 Å². The van der Waals surface area contributed by atoms with E-state index in [0.29, 0.717) is 17.2 Å². The van der Waals surface area contributed by atoms with Crippen LogP contribution in [0.5, 0.6) is 0 Å². The molecule has 17 nitrogen and oxygen atoms in total. The molecule has 480 valence electrons. The molecular formula is C38H69ClF10I6N10O7S6V2-2. The van der Waals surface area contributed by atoms with Crippen molar-refractivity contribution in [3.63, 3.8) is 0 Å². The van der Waals surface area contributed by atoms with Crippen LogP contribution in [0.2, 0.25) is 0 Å². The zero-order valence-corrected chi connectivity index (χ0v) is 64.9. The number of nitrogens with zero attached hydrogens (tertiary/aromatic N) is 7. The Labute approximate surface area is 598 Å². The van der Waals surface area contributed by atoms with E-state index in [0.717, 1.165) is 37.0 Å². The van der Waals surface area contributed by atoms with Crippen LogP contribution in [0.1, 0.15) is 21.3 Å². The van der Waals surface area contributed by atoms with Crippen LogP contribution in [-0.2, 0) is 71.2 Å². The SMILES string of the molecule is C.CC.CS(=O)(=O)CCN(CC#N)C(=O)C(F)(F)F.CS(=O)(=O)CCN(CC(N)=S)C(=O)C(F)(F)F.CSCCN.CSCCN(CC#N)C(=O)C(F)(F)F.CSCCNCC#N.IC(I)I.ICI.N#CCCl.[3H]F.[CH2-]I.[CH3-].[V].[V]. The number of hydrogen-bond donors (Lipinski definition) is 3. The van der Waals surface area contributed by atoms with E-state index < -0.39 is 100 Å². The molecule has 80 heavy (non-hydrogen) atoms. The molecule has 0 saturated heterocycles. The topological polar surface area (TPSA) is 288 Å². The van der Waals surface area contributed by atoms with Gasteiger partial charge in [-0.2, -0.15) is 95.8 Å². The maximum atomic E-state index is 12.1. The number of amides is 3. The van der Waals surface area contributed by atoms with Gasteiger partial charge in [-0.3, -0.25) is 24.0 Å². The van der Waals surface area contributed by atoms with Gasteiger partial charge in [-0.05, 0) is 18.8 Å². The van der Waals surface area contributed by atoms with E-state index in [1.165, 1.54) is 26.3 Å². The number of alkyl halides is 15. The zero-order chi connectivity index (χ0) is 64.1. The Kier molecular flexibility index (Phi) is 118. The van der Waals surface area contributed by atoms with E-state index in [4.69, 9.17) is 48.8 Å². The van der Waals surface area contributed by atoms with Crippen LogP contribution in [0.25, 0.3) is 0 Å². The summed E-state index contributed by atoms with van der Waals surface area (Å²) in [6, 6.07) is 6.60. The number of thioether (sulfide) groups is 3. The van der Waals surface area contributed by atoms with Gasteiger partial charge in [-0.25, -0.2) is 16.8 Å². The molecule has 0 aromatic heterocycles.